The summed E-state index contributed by atoms with van der Waals surface area (Å²) >= 11 is 0. The van der Waals surface area contributed by atoms with E-state index in [1.807, 2.05) is 60.2 Å². The Hall–Kier alpha value is -4.73. The van der Waals surface area contributed by atoms with Crippen LogP contribution < -0.4 is 14.2 Å². The summed E-state index contributed by atoms with van der Waals surface area (Å²) in [6.45, 7) is -2.77. The van der Waals surface area contributed by atoms with Gasteiger partial charge >= 0.3 is 6.61 Å². The number of alkyl halides is 2. The topological polar surface area (TPSA) is 79.9 Å². The minimum Gasteiger partial charge on any atom is -0.496 e. The molecule has 41 heavy (non-hydrogen) atoms. The Labute approximate surface area is 235 Å². The number of hydrogen-bond donors (Lipinski definition) is 0. The van der Waals surface area contributed by atoms with Crippen LogP contribution in [0.5, 0.6) is 17.2 Å². The summed E-state index contributed by atoms with van der Waals surface area (Å²) in [6.07, 6.45) is 9.27. The number of Topliss-reactive ketones (excluding diaryl/α,β-unsaturated/α-hetero) is 1. The van der Waals surface area contributed by atoms with Crippen molar-refractivity contribution in [3.63, 3.8) is 0 Å². The molecule has 8 nitrogen and oxygen atoms in total. The van der Waals surface area contributed by atoms with Crippen LogP contribution >= 0.6 is 0 Å². The molecule has 0 atom stereocenters. The number of carbonyl (C=O) groups excluding carboxylic acids is 1. The molecule has 1 aliphatic rings. The van der Waals surface area contributed by atoms with Crippen molar-refractivity contribution in [1.29, 1.82) is 0 Å². The maximum Gasteiger partial charge on any atom is 0.387 e. The quantitative estimate of drug-likeness (QED) is 0.171. The van der Waals surface area contributed by atoms with Gasteiger partial charge in [0.15, 0.2) is 5.78 Å². The van der Waals surface area contributed by atoms with Gasteiger partial charge in [-0.25, -0.2) is 4.98 Å². The van der Waals surface area contributed by atoms with E-state index in [-0.39, 0.29) is 35.2 Å². The highest BCUT2D eigenvalue weighted by Crippen LogP contribution is 2.41. The molecule has 2 aromatic carbocycles. The summed E-state index contributed by atoms with van der Waals surface area (Å²) in [5, 5.41) is 4.30. The lowest BCUT2D eigenvalue weighted by molar-refractivity contribution is -0.0502. The average molecular weight is 559 g/mol. The summed E-state index contributed by atoms with van der Waals surface area (Å²) in [6, 6.07) is 14.8. The Morgan fingerprint density at radius 3 is 2.49 bits per heavy atom. The van der Waals surface area contributed by atoms with Gasteiger partial charge in [-0.05, 0) is 42.5 Å². The number of nitrogens with zero attached hydrogens (tertiary/aromatic N) is 4. The number of imidazole rings is 1. The van der Waals surface area contributed by atoms with Gasteiger partial charge in [-0.2, -0.15) is 13.9 Å². The molecular weight excluding hydrogens is 530 g/mol. The van der Waals surface area contributed by atoms with Crippen molar-refractivity contribution in [2.75, 3.05) is 7.11 Å². The predicted octanol–water partition coefficient (Wildman–Crippen LogP) is 6.57. The Balaban J connectivity index is 1.45. The molecular formula is C31H28F2N4O4. The Kier molecular flexibility index (Phi) is 7.13. The van der Waals surface area contributed by atoms with Gasteiger partial charge in [-0.3, -0.25) is 13.9 Å². The van der Waals surface area contributed by atoms with Crippen molar-refractivity contribution in [2.45, 2.75) is 32.5 Å². The van der Waals surface area contributed by atoms with Crippen LogP contribution in [0.3, 0.4) is 0 Å². The summed E-state index contributed by atoms with van der Waals surface area (Å²) < 4.78 is 47.1. The zero-order chi connectivity index (χ0) is 28.5. The SMILES string of the molecule is COc1cc(-c2cnc3cc(-c4cnn(C)c4)c(OCc4ccccc4)cn23)cc(OC(F)F)c1C(=O)CC1CC1. The second kappa shape index (κ2) is 11.0. The zero-order valence-corrected chi connectivity index (χ0v) is 22.6. The van der Waals surface area contributed by atoms with E-state index in [4.69, 9.17) is 14.2 Å². The lowest BCUT2D eigenvalue weighted by Gasteiger charge is -2.16. The maximum atomic E-state index is 13.5. The fourth-order valence-corrected chi connectivity index (χ4v) is 4.90. The number of ketones is 1. The van der Waals surface area contributed by atoms with Crippen molar-refractivity contribution in [3.05, 3.63) is 84.4 Å². The van der Waals surface area contributed by atoms with E-state index in [0.29, 0.717) is 29.3 Å². The number of carbonyl (C=O) groups is 1. The molecule has 1 aliphatic carbocycles. The molecule has 3 heterocycles. The van der Waals surface area contributed by atoms with E-state index in [0.717, 1.165) is 29.5 Å². The average Bonchev–Trinajstić information content (AvgIpc) is 3.51. The number of benzene rings is 2. The van der Waals surface area contributed by atoms with Gasteiger partial charge in [0.1, 0.15) is 35.1 Å². The number of aryl methyl sites for hydroxylation is 1. The standard InChI is InChI=1S/C31H28F2N4O4/c1-36-16-22(14-35-36)23-13-29-34-15-24(37(29)17-28(23)40-18-20-6-4-3-5-7-20)21-11-26(39-2)30(25(38)10-19-8-9-19)27(12-21)41-31(32)33/h3-7,11-17,19,31H,8-10,18H2,1-2H3. The van der Waals surface area contributed by atoms with Gasteiger partial charge in [-0.15, -0.1) is 0 Å². The normalized spacial score (nSPS) is 13.1. The van der Waals surface area contributed by atoms with Crippen molar-refractivity contribution in [2.24, 2.45) is 13.0 Å². The van der Waals surface area contributed by atoms with Crippen molar-refractivity contribution in [1.82, 2.24) is 19.2 Å². The van der Waals surface area contributed by atoms with Gasteiger partial charge in [0, 0.05) is 36.4 Å². The molecule has 0 N–H and O–H groups in total. The summed E-state index contributed by atoms with van der Waals surface area (Å²) in [7, 11) is 3.25. The molecule has 5 aromatic rings. The molecule has 0 amide bonds. The van der Waals surface area contributed by atoms with E-state index in [1.165, 1.54) is 13.2 Å². The summed E-state index contributed by atoms with van der Waals surface area (Å²) in [5.74, 6) is 0.533. The first kappa shape index (κ1) is 26.5. The molecule has 1 saturated carbocycles. The molecule has 3 aromatic heterocycles. The van der Waals surface area contributed by atoms with Gasteiger partial charge in [0.05, 0.1) is 31.4 Å². The maximum absolute atomic E-state index is 13.5. The van der Waals surface area contributed by atoms with E-state index >= 15 is 0 Å². The van der Waals surface area contributed by atoms with E-state index in [2.05, 4.69) is 10.1 Å². The smallest absolute Gasteiger partial charge is 0.387 e. The second-order valence-electron chi connectivity index (χ2n) is 10.1. The van der Waals surface area contributed by atoms with E-state index in [1.54, 1.807) is 23.1 Å². The molecule has 0 unspecified atom stereocenters. The molecule has 0 bridgehead atoms. The third-order valence-electron chi connectivity index (χ3n) is 7.11. The molecule has 6 rings (SSSR count). The van der Waals surface area contributed by atoms with Crippen molar-refractivity contribution in [3.8, 4) is 39.6 Å². The van der Waals surface area contributed by atoms with Crippen LogP contribution in [0.2, 0.25) is 0 Å². The summed E-state index contributed by atoms with van der Waals surface area (Å²) in [4.78, 5) is 17.6. The molecule has 210 valence electrons. The largest absolute Gasteiger partial charge is 0.496 e. The van der Waals surface area contributed by atoms with Gasteiger partial charge in [0.25, 0.3) is 0 Å². The molecule has 0 spiro atoms. The van der Waals surface area contributed by atoms with Crippen LogP contribution in [0.1, 0.15) is 35.2 Å². The van der Waals surface area contributed by atoms with E-state index < -0.39 is 6.61 Å². The van der Waals surface area contributed by atoms with Crippen LogP contribution in [-0.2, 0) is 13.7 Å². The Morgan fingerprint density at radius 1 is 1.02 bits per heavy atom. The number of rotatable bonds is 11. The highest BCUT2D eigenvalue weighted by Gasteiger charge is 2.30. The predicted molar refractivity (Wildman–Crippen MR) is 148 cm³/mol. The fourth-order valence-electron chi connectivity index (χ4n) is 4.90. The first-order chi connectivity index (χ1) is 19.9. The molecule has 1 fully saturated rings. The van der Waals surface area contributed by atoms with Crippen LogP contribution in [0, 0.1) is 5.92 Å². The third kappa shape index (κ3) is 5.63. The second-order valence-corrected chi connectivity index (χ2v) is 10.1. The van der Waals surface area contributed by atoms with Crippen LogP contribution in [0.4, 0.5) is 8.78 Å². The highest BCUT2D eigenvalue weighted by atomic mass is 19.3. The van der Waals surface area contributed by atoms with Crippen molar-refractivity contribution >= 4 is 11.4 Å². The van der Waals surface area contributed by atoms with Gasteiger partial charge in [0.2, 0.25) is 0 Å². The number of aromatic nitrogens is 4. The number of ether oxygens (including phenoxy) is 3. The third-order valence-corrected chi connectivity index (χ3v) is 7.11. The minimum atomic E-state index is -3.11. The number of methoxy groups -OCH3 is 1. The first-order valence-electron chi connectivity index (χ1n) is 13.3. The number of pyridine rings is 1. The zero-order valence-electron chi connectivity index (χ0n) is 22.6. The number of halogens is 2. The van der Waals surface area contributed by atoms with Crippen molar-refractivity contribution < 1.29 is 27.8 Å². The molecule has 10 heteroatoms. The lowest BCUT2D eigenvalue weighted by atomic mass is 10.00. The Morgan fingerprint density at radius 2 is 1.80 bits per heavy atom. The van der Waals surface area contributed by atoms with Crippen LogP contribution in [-0.4, -0.2) is 38.7 Å². The minimum absolute atomic E-state index is 0.0306. The van der Waals surface area contributed by atoms with Crippen LogP contribution in [0.25, 0.3) is 28.0 Å². The van der Waals surface area contributed by atoms with Gasteiger partial charge < -0.3 is 14.2 Å². The van der Waals surface area contributed by atoms with Crippen LogP contribution in [0.15, 0.2) is 73.3 Å². The molecule has 0 radical (unpaired) electrons. The number of hydrogen-bond acceptors (Lipinski definition) is 6. The van der Waals surface area contributed by atoms with E-state index in [9.17, 15) is 13.6 Å². The lowest BCUT2D eigenvalue weighted by Crippen LogP contribution is -2.11. The fraction of sp³-hybridized carbons (Fsp3) is 0.258. The molecule has 0 saturated heterocycles. The number of fused-ring (bicyclic) bond motifs is 1. The summed E-state index contributed by atoms with van der Waals surface area (Å²) in [5.41, 5.74) is 4.38. The van der Waals surface area contributed by atoms with Gasteiger partial charge in [-0.1, -0.05) is 30.3 Å². The first-order valence-corrected chi connectivity index (χ1v) is 13.3. The highest BCUT2D eigenvalue weighted by molar-refractivity contribution is 6.02. The Bertz CT molecular complexity index is 1710. The monoisotopic (exact) mass is 558 g/mol. The molecule has 0 aliphatic heterocycles.